The number of hydrogen-bond acceptors (Lipinski definition) is 4. The monoisotopic (exact) mass is 379 g/mol. The van der Waals surface area contributed by atoms with Gasteiger partial charge in [0.1, 0.15) is 11.6 Å². The van der Waals surface area contributed by atoms with Crippen molar-refractivity contribution in [3.05, 3.63) is 64.4 Å². The Labute approximate surface area is 162 Å². The van der Waals surface area contributed by atoms with E-state index >= 15 is 0 Å². The number of carbonyl (C=O) groups excluding carboxylic acids is 1. The van der Waals surface area contributed by atoms with Crippen LogP contribution >= 0.6 is 11.8 Å². The first kappa shape index (κ1) is 17.7. The maximum absolute atomic E-state index is 13.1. The van der Waals surface area contributed by atoms with Gasteiger partial charge in [0, 0.05) is 31.0 Å². The zero-order chi connectivity index (χ0) is 19.0. The molecule has 0 unspecified atom stereocenters. The highest BCUT2D eigenvalue weighted by Crippen LogP contribution is 2.32. The fourth-order valence-electron chi connectivity index (χ4n) is 3.32. The molecule has 3 aromatic rings. The predicted octanol–water partition coefficient (Wildman–Crippen LogP) is 4.08. The number of rotatable bonds is 3. The van der Waals surface area contributed by atoms with Gasteiger partial charge in [-0.3, -0.25) is 4.79 Å². The van der Waals surface area contributed by atoms with Crippen molar-refractivity contribution in [2.45, 2.75) is 6.92 Å². The van der Waals surface area contributed by atoms with E-state index in [4.69, 9.17) is 9.72 Å². The van der Waals surface area contributed by atoms with Crippen LogP contribution < -0.4 is 4.74 Å². The van der Waals surface area contributed by atoms with Crippen LogP contribution in [0.1, 0.15) is 21.7 Å². The molecule has 2 heterocycles. The molecule has 0 radical (unpaired) electrons. The van der Waals surface area contributed by atoms with E-state index in [0.29, 0.717) is 12.1 Å². The Bertz CT molecular complexity index is 1050. The lowest BCUT2D eigenvalue weighted by Crippen LogP contribution is -2.26. The predicted molar refractivity (Wildman–Crippen MR) is 110 cm³/mol. The molecule has 0 N–H and O–H groups in total. The Morgan fingerprint density at radius 2 is 2.07 bits per heavy atom. The third-order valence-corrected chi connectivity index (χ3v) is 5.81. The number of nitrogens with zero attached hydrogens (tertiary/aromatic N) is 3. The van der Waals surface area contributed by atoms with Crippen LogP contribution in [0, 0.1) is 6.92 Å². The van der Waals surface area contributed by atoms with Gasteiger partial charge in [-0.2, -0.15) is 0 Å². The van der Waals surface area contributed by atoms with E-state index in [-0.39, 0.29) is 5.91 Å². The van der Waals surface area contributed by atoms with Crippen LogP contribution in [0.3, 0.4) is 0 Å². The number of carbonyl (C=O) groups is 1. The number of imidazole rings is 1. The lowest BCUT2D eigenvalue weighted by atomic mass is 10.1. The quantitative estimate of drug-likeness (QED) is 0.688. The Morgan fingerprint density at radius 1 is 1.26 bits per heavy atom. The number of benzene rings is 2. The molecule has 1 aromatic heterocycles. The SMILES string of the molecule is COc1ccc(C(=O)N2CCS/C2=C/c2nc3ccccc3n2C)cc1C. The Kier molecular flexibility index (Phi) is 4.66. The van der Waals surface area contributed by atoms with Crippen molar-refractivity contribution in [3.63, 3.8) is 0 Å². The second-order valence-electron chi connectivity index (χ2n) is 6.49. The highest BCUT2D eigenvalue weighted by Gasteiger charge is 2.26. The number of amides is 1. The van der Waals surface area contributed by atoms with Gasteiger partial charge in [0.05, 0.1) is 23.2 Å². The molecule has 5 nitrogen and oxygen atoms in total. The van der Waals surface area contributed by atoms with Crippen LogP contribution in [-0.2, 0) is 7.05 Å². The molecular weight excluding hydrogens is 358 g/mol. The molecule has 0 bridgehead atoms. The molecule has 2 aromatic carbocycles. The zero-order valence-corrected chi connectivity index (χ0v) is 16.4. The summed E-state index contributed by atoms with van der Waals surface area (Å²) in [5.41, 5.74) is 3.66. The van der Waals surface area contributed by atoms with Crippen molar-refractivity contribution in [2.24, 2.45) is 7.05 Å². The van der Waals surface area contributed by atoms with Gasteiger partial charge >= 0.3 is 0 Å². The summed E-state index contributed by atoms with van der Waals surface area (Å²) in [6, 6.07) is 13.6. The number of thioether (sulfide) groups is 1. The number of fused-ring (bicyclic) bond motifs is 1. The molecule has 6 heteroatoms. The normalized spacial score (nSPS) is 15.7. The Morgan fingerprint density at radius 3 is 2.81 bits per heavy atom. The van der Waals surface area contributed by atoms with Gasteiger partial charge in [-0.25, -0.2) is 4.98 Å². The summed E-state index contributed by atoms with van der Waals surface area (Å²) in [6.07, 6.45) is 2.01. The van der Waals surface area contributed by atoms with E-state index < -0.39 is 0 Å². The summed E-state index contributed by atoms with van der Waals surface area (Å²) in [6.45, 7) is 2.65. The van der Waals surface area contributed by atoms with Gasteiger partial charge < -0.3 is 14.2 Å². The lowest BCUT2D eigenvalue weighted by molar-refractivity contribution is 0.0831. The van der Waals surface area contributed by atoms with E-state index in [1.807, 2.05) is 61.3 Å². The first-order valence-electron chi connectivity index (χ1n) is 8.81. The summed E-state index contributed by atoms with van der Waals surface area (Å²) in [5.74, 6) is 2.54. The van der Waals surface area contributed by atoms with Crippen LogP contribution in [0.2, 0.25) is 0 Å². The summed E-state index contributed by atoms with van der Waals surface area (Å²) < 4.78 is 7.35. The van der Waals surface area contributed by atoms with Gasteiger partial charge in [-0.1, -0.05) is 12.1 Å². The van der Waals surface area contributed by atoms with Crippen molar-refractivity contribution in [1.29, 1.82) is 0 Å². The first-order chi connectivity index (χ1) is 13.1. The third kappa shape index (κ3) is 3.21. The van der Waals surface area contributed by atoms with E-state index in [2.05, 4.69) is 10.6 Å². The fraction of sp³-hybridized carbons (Fsp3) is 0.238. The maximum atomic E-state index is 13.1. The molecule has 138 valence electrons. The molecule has 4 rings (SSSR count). The average molecular weight is 379 g/mol. The van der Waals surface area contributed by atoms with Crippen molar-refractivity contribution < 1.29 is 9.53 Å². The molecule has 1 amide bonds. The molecule has 27 heavy (non-hydrogen) atoms. The van der Waals surface area contributed by atoms with Crippen LogP contribution in [0.5, 0.6) is 5.75 Å². The van der Waals surface area contributed by atoms with Crippen molar-refractivity contribution in [3.8, 4) is 5.75 Å². The van der Waals surface area contributed by atoms with Crippen molar-refractivity contribution in [1.82, 2.24) is 14.5 Å². The Balaban J connectivity index is 1.67. The minimum atomic E-state index is 0.00997. The van der Waals surface area contributed by atoms with Gasteiger partial charge in [-0.15, -0.1) is 11.8 Å². The maximum Gasteiger partial charge on any atom is 0.258 e. The number of aromatic nitrogens is 2. The van der Waals surface area contributed by atoms with Gasteiger partial charge in [0.15, 0.2) is 0 Å². The summed E-state index contributed by atoms with van der Waals surface area (Å²) in [4.78, 5) is 19.6. The fourth-order valence-corrected chi connectivity index (χ4v) is 4.32. The topological polar surface area (TPSA) is 47.4 Å². The minimum absolute atomic E-state index is 0.00997. The first-order valence-corrected chi connectivity index (χ1v) is 9.79. The molecule has 0 atom stereocenters. The highest BCUT2D eigenvalue weighted by atomic mass is 32.2. The molecule has 1 fully saturated rings. The molecule has 0 aliphatic carbocycles. The van der Waals surface area contributed by atoms with E-state index in [9.17, 15) is 4.79 Å². The lowest BCUT2D eigenvalue weighted by Gasteiger charge is -2.18. The van der Waals surface area contributed by atoms with Gasteiger partial charge in [0.25, 0.3) is 5.91 Å². The standard InChI is InChI=1S/C21H21N3O2S/c1-14-12-15(8-9-18(14)26-3)21(25)24-10-11-27-20(24)13-19-22-16-6-4-5-7-17(16)23(19)2/h4-9,12-13H,10-11H2,1-3H3/b20-13+. The smallest absolute Gasteiger partial charge is 0.258 e. The minimum Gasteiger partial charge on any atom is -0.496 e. The second-order valence-corrected chi connectivity index (χ2v) is 7.61. The number of ether oxygens (including phenoxy) is 1. The molecule has 1 aliphatic heterocycles. The van der Waals surface area contributed by atoms with Crippen LogP contribution in [0.15, 0.2) is 47.5 Å². The summed E-state index contributed by atoms with van der Waals surface area (Å²) in [5, 5.41) is 0.937. The molecule has 0 saturated carbocycles. The van der Waals surface area contributed by atoms with Gasteiger partial charge in [0.2, 0.25) is 0 Å². The highest BCUT2D eigenvalue weighted by molar-refractivity contribution is 8.03. The number of aryl methyl sites for hydroxylation is 2. The van der Waals surface area contributed by atoms with E-state index in [1.54, 1.807) is 18.9 Å². The summed E-state index contributed by atoms with van der Waals surface area (Å²) in [7, 11) is 3.64. The van der Waals surface area contributed by atoms with Crippen LogP contribution in [0.4, 0.5) is 0 Å². The molecule has 1 aliphatic rings. The molecule has 0 spiro atoms. The van der Waals surface area contributed by atoms with Crippen molar-refractivity contribution >= 4 is 34.8 Å². The largest absolute Gasteiger partial charge is 0.496 e. The number of para-hydroxylation sites is 2. The van der Waals surface area contributed by atoms with E-state index in [1.165, 1.54) is 0 Å². The molecule has 1 saturated heterocycles. The Hall–Kier alpha value is -2.73. The molecular formula is C21H21N3O2S. The summed E-state index contributed by atoms with van der Waals surface area (Å²) >= 11 is 1.69. The number of hydrogen-bond donors (Lipinski definition) is 0. The number of methoxy groups -OCH3 is 1. The third-order valence-electron chi connectivity index (χ3n) is 4.79. The average Bonchev–Trinajstić information content (AvgIpc) is 3.26. The second kappa shape index (κ2) is 7.12. The van der Waals surface area contributed by atoms with Crippen LogP contribution in [0.25, 0.3) is 17.1 Å². The van der Waals surface area contributed by atoms with E-state index in [0.717, 1.165) is 39.0 Å². The zero-order valence-electron chi connectivity index (χ0n) is 15.6. The van der Waals surface area contributed by atoms with Gasteiger partial charge in [-0.05, 0) is 42.8 Å². The van der Waals surface area contributed by atoms with Crippen LogP contribution in [-0.4, -0.2) is 39.8 Å². The van der Waals surface area contributed by atoms with Crippen molar-refractivity contribution in [2.75, 3.05) is 19.4 Å².